The van der Waals surface area contributed by atoms with Crippen molar-refractivity contribution < 1.29 is 0 Å². The zero-order chi connectivity index (χ0) is 19.2. The first-order valence-electron chi connectivity index (χ1n) is 8.59. The Labute approximate surface area is 165 Å². The van der Waals surface area contributed by atoms with Gasteiger partial charge in [0.1, 0.15) is 0 Å². The first kappa shape index (κ1) is 17.9. The summed E-state index contributed by atoms with van der Waals surface area (Å²) in [5.74, 6) is 0.572. The van der Waals surface area contributed by atoms with Crippen molar-refractivity contribution in [3.63, 3.8) is 0 Å². The van der Waals surface area contributed by atoms with Crippen LogP contribution >= 0.6 is 22.9 Å². The van der Waals surface area contributed by atoms with E-state index in [4.69, 9.17) is 11.6 Å². The van der Waals surface area contributed by atoms with Crippen LogP contribution in [0.1, 0.15) is 31.9 Å². The first-order chi connectivity index (χ1) is 12.8. The van der Waals surface area contributed by atoms with Crippen molar-refractivity contribution >= 4 is 34.0 Å². The molecule has 2 aromatic carbocycles. The number of thiazole rings is 1. The van der Waals surface area contributed by atoms with Crippen molar-refractivity contribution in [2.24, 2.45) is 0 Å². The molecule has 0 amide bonds. The molecule has 0 aliphatic rings. The fraction of sp³-hybridized carbons (Fsp3) is 0.190. The number of fused-ring (bicyclic) bond motifs is 1. The lowest BCUT2D eigenvalue weighted by molar-refractivity contribution is 0.590. The molecule has 4 rings (SSSR count). The van der Waals surface area contributed by atoms with Gasteiger partial charge in [0, 0.05) is 10.6 Å². The van der Waals surface area contributed by atoms with Gasteiger partial charge in [-0.2, -0.15) is 0 Å². The number of nitrogens with zero attached hydrogens (tertiary/aromatic N) is 3. The Morgan fingerprint density at radius 2 is 1.67 bits per heavy atom. The summed E-state index contributed by atoms with van der Waals surface area (Å²) in [6.45, 7) is 6.51. The molecule has 0 saturated carbocycles. The summed E-state index contributed by atoms with van der Waals surface area (Å²) in [5.41, 5.74) is 3.00. The number of rotatable bonds is 2. The van der Waals surface area contributed by atoms with Crippen LogP contribution in [-0.2, 0) is 5.41 Å². The number of halogens is 1. The molecule has 0 atom stereocenters. The van der Waals surface area contributed by atoms with E-state index in [9.17, 15) is 4.79 Å². The standard InChI is InChI=1S/C21H18ClN3OS/c1-21(2,3)15-8-6-14(7-9-15)18-23-24-20-25(18)19(26)17(27-20)12-13-4-10-16(22)11-5-13/h4-12H,1-3H3/b17-12+. The average molecular weight is 396 g/mol. The molecule has 0 aliphatic carbocycles. The zero-order valence-corrected chi connectivity index (χ0v) is 16.8. The Morgan fingerprint density at radius 3 is 2.30 bits per heavy atom. The Balaban J connectivity index is 1.81. The number of aromatic nitrogens is 3. The Bertz CT molecular complexity index is 1220. The summed E-state index contributed by atoms with van der Waals surface area (Å²) in [6.07, 6.45) is 1.85. The molecule has 0 fully saturated rings. The topological polar surface area (TPSA) is 47.3 Å². The van der Waals surface area contributed by atoms with E-state index in [0.29, 0.717) is 20.3 Å². The molecule has 6 heteroatoms. The summed E-state index contributed by atoms with van der Waals surface area (Å²) in [4.78, 5) is 13.5. The summed E-state index contributed by atoms with van der Waals surface area (Å²) >= 11 is 7.26. The molecule has 4 aromatic rings. The Kier molecular flexibility index (Phi) is 4.36. The van der Waals surface area contributed by atoms with Crippen LogP contribution in [0, 0.1) is 0 Å². The van der Waals surface area contributed by atoms with Crippen LogP contribution in [0.15, 0.2) is 53.3 Å². The predicted molar refractivity (Wildman–Crippen MR) is 112 cm³/mol. The van der Waals surface area contributed by atoms with E-state index >= 15 is 0 Å². The fourth-order valence-corrected chi connectivity index (χ4v) is 3.92. The highest BCUT2D eigenvalue weighted by molar-refractivity contribution is 7.15. The lowest BCUT2D eigenvalue weighted by atomic mass is 9.87. The average Bonchev–Trinajstić information content (AvgIpc) is 3.17. The minimum atomic E-state index is -0.107. The van der Waals surface area contributed by atoms with Gasteiger partial charge in [-0.05, 0) is 34.8 Å². The SMILES string of the molecule is CC(C)(C)c1ccc(-c2nnc3s/c(=C/c4ccc(Cl)cc4)c(=O)n23)cc1. The van der Waals surface area contributed by atoms with E-state index in [0.717, 1.165) is 11.1 Å². The lowest BCUT2D eigenvalue weighted by Gasteiger charge is -2.18. The minimum Gasteiger partial charge on any atom is -0.267 e. The molecule has 2 aromatic heterocycles. The number of benzene rings is 2. The van der Waals surface area contributed by atoms with Gasteiger partial charge in [0.15, 0.2) is 5.82 Å². The quantitative estimate of drug-likeness (QED) is 0.508. The predicted octanol–water partition coefficient (Wildman–Crippen LogP) is 4.32. The Morgan fingerprint density at radius 1 is 1.00 bits per heavy atom. The van der Waals surface area contributed by atoms with Gasteiger partial charge in [-0.15, -0.1) is 10.2 Å². The first-order valence-corrected chi connectivity index (χ1v) is 9.78. The van der Waals surface area contributed by atoms with Crippen molar-refractivity contribution in [1.29, 1.82) is 0 Å². The molecule has 0 aliphatic heterocycles. The number of hydrogen-bond acceptors (Lipinski definition) is 4. The van der Waals surface area contributed by atoms with E-state index in [1.54, 1.807) is 16.5 Å². The highest BCUT2D eigenvalue weighted by Crippen LogP contribution is 2.25. The highest BCUT2D eigenvalue weighted by atomic mass is 35.5. The third kappa shape index (κ3) is 3.40. The molecule has 0 spiro atoms. The summed E-state index contributed by atoms with van der Waals surface area (Å²) in [7, 11) is 0. The van der Waals surface area contributed by atoms with Crippen molar-refractivity contribution in [2.75, 3.05) is 0 Å². The molecule has 27 heavy (non-hydrogen) atoms. The maximum Gasteiger partial charge on any atom is 0.276 e. The maximum absolute atomic E-state index is 12.9. The maximum atomic E-state index is 12.9. The summed E-state index contributed by atoms with van der Waals surface area (Å²) in [6, 6.07) is 15.5. The number of hydrogen-bond donors (Lipinski definition) is 0. The summed E-state index contributed by atoms with van der Waals surface area (Å²) in [5, 5.41) is 9.09. The van der Waals surface area contributed by atoms with Crippen LogP contribution < -0.4 is 10.1 Å². The van der Waals surface area contributed by atoms with Gasteiger partial charge in [-0.25, -0.2) is 4.40 Å². The van der Waals surface area contributed by atoms with Gasteiger partial charge < -0.3 is 0 Å². The molecule has 0 N–H and O–H groups in total. The normalized spacial score (nSPS) is 12.8. The van der Waals surface area contributed by atoms with E-state index in [1.807, 2.05) is 30.3 Å². The second kappa shape index (κ2) is 6.59. The van der Waals surface area contributed by atoms with Crippen molar-refractivity contribution in [2.45, 2.75) is 26.2 Å². The lowest BCUT2D eigenvalue weighted by Crippen LogP contribution is -2.23. The summed E-state index contributed by atoms with van der Waals surface area (Å²) < 4.78 is 2.20. The van der Waals surface area contributed by atoms with Crippen LogP contribution in [0.25, 0.3) is 22.4 Å². The van der Waals surface area contributed by atoms with Gasteiger partial charge in [0.25, 0.3) is 5.56 Å². The molecule has 2 heterocycles. The minimum absolute atomic E-state index is 0.0749. The Hall–Kier alpha value is -2.50. The van der Waals surface area contributed by atoms with Gasteiger partial charge in [-0.3, -0.25) is 4.79 Å². The smallest absolute Gasteiger partial charge is 0.267 e. The van der Waals surface area contributed by atoms with Crippen LogP contribution in [0.2, 0.25) is 5.02 Å². The van der Waals surface area contributed by atoms with E-state index in [-0.39, 0.29) is 11.0 Å². The molecule has 4 nitrogen and oxygen atoms in total. The van der Waals surface area contributed by atoms with Crippen LogP contribution in [0.4, 0.5) is 0 Å². The van der Waals surface area contributed by atoms with Gasteiger partial charge in [-0.1, -0.05) is 80.1 Å². The third-order valence-electron chi connectivity index (χ3n) is 4.43. The monoisotopic (exact) mass is 395 g/mol. The van der Waals surface area contributed by atoms with E-state index in [2.05, 4.69) is 43.1 Å². The third-order valence-corrected chi connectivity index (χ3v) is 5.64. The van der Waals surface area contributed by atoms with Crippen LogP contribution in [0.3, 0.4) is 0 Å². The van der Waals surface area contributed by atoms with Gasteiger partial charge in [0.2, 0.25) is 4.96 Å². The van der Waals surface area contributed by atoms with Crippen molar-refractivity contribution in [1.82, 2.24) is 14.6 Å². The fourth-order valence-electron chi connectivity index (χ4n) is 2.88. The second-order valence-corrected chi connectivity index (χ2v) is 8.88. The van der Waals surface area contributed by atoms with Crippen molar-refractivity contribution in [3.8, 4) is 11.4 Å². The van der Waals surface area contributed by atoms with E-state index < -0.39 is 0 Å². The van der Waals surface area contributed by atoms with Crippen LogP contribution in [-0.4, -0.2) is 14.6 Å². The van der Waals surface area contributed by atoms with Crippen LogP contribution in [0.5, 0.6) is 0 Å². The van der Waals surface area contributed by atoms with Gasteiger partial charge >= 0.3 is 0 Å². The highest BCUT2D eigenvalue weighted by Gasteiger charge is 2.16. The molecule has 0 radical (unpaired) electrons. The molecular weight excluding hydrogens is 378 g/mol. The zero-order valence-electron chi connectivity index (χ0n) is 15.2. The largest absolute Gasteiger partial charge is 0.276 e. The molecule has 0 unspecified atom stereocenters. The van der Waals surface area contributed by atoms with Crippen molar-refractivity contribution in [3.05, 3.63) is 79.6 Å². The molecule has 136 valence electrons. The molecule has 0 bridgehead atoms. The molecule has 0 saturated heterocycles. The second-order valence-electron chi connectivity index (χ2n) is 7.44. The van der Waals surface area contributed by atoms with E-state index in [1.165, 1.54) is 16.9 Å². The van der Waals surface area contributed by atoms with Gasteiger partial charge in [0.05, 0.1) is 4.53 Å². The molecular formula is C21H18ClN3OS.